The topological polar surface area (TPSA) is 26.8 Å². The van der Waals surface area contributed by atoms with Crippen LogP contribution in [-0.4, -0.2) is 55.5 Å². The van der Waals surface area contributed by atoms with E-state index in [1.54, 1.807) is 0 Å². The average molecular weight is 351 g/mol. The van der Waals surface area contributed by atoms with Gasteiger partial charge in [-0.1, -0.05) is 48.0 Å². The molecule has 1 heterocycles. The Labute approximate surface area is 157 Å². The molecule has 2 aromatic carbocycles. The van der Waals surface area contributed by atoms with Gasteiger partial charge in [-0.05, 0) is 31.0 Å². The van der Waals surface area contributed by atoms with Crippen molar-refractivity contribution in [1.29, 1.82) is 0 Å². The molecule has 0 saturated carbocycles. The second kappa shape index (κ2) is 8.37. The van der Waals surface area contributed by atoms with Crippen LogP contribution < -0.4 is 4.90 Å². The number of piperazine rings is 1. The largest absolute Gasteiger partial charge is 0.369 e. The standard InChI is InChI=1S/C22H29N3O/c1-18-8-10-20(11-9-18)16-23(3)22(26)17-24-12-14-25(15-13-24)21-7-5-4-6-19(21)2/h4-11H,12-17H2,1-3H3. The summed E-state index contributed by atoms with van der Waals surface area (Å²) in [5, 5.41) is 0. The van der Waals surface area contributed by atoms with E-state index in [0.717, 1.165) is 26.2 Å². The lowest BCUT2D eigenvalue weighted by Crippen LogP contribution is -2.49. The van der Waals surface area contributed by atoms with Gasteiger partial charge in [0.15, 0.2) is 0 Å². The zero-order valence-electron chi connectivity index (χ0n) is 16.1. The van der Waals surface area contributed by atoms with Crippen LogP contribution in [0.25, 0.3) is 0 Å². The van der Waals surface area contributed by atoms with Crippen molar-refractivity contribution in [2.24, 2.45) is 0 Å². The van der Waals surface area contributed by atoms with Crippen LogP contribution in [0.15, 0.2) is 48.5 Å². The first-order chi connectivity index (χ1) is 12.5. The highest BCUT2D eigenvalue weighted by Gasteiger charge is 2.21. The number of likely N-dealkylation sites (N-methyl/N-ethyl adjacent to an activating group) is 1. The van der Waals surface area contributed by atoms with Crippen molar-refractivity contribution in [2.45, 2.75) is 20.4 Å². The molecule has 1 aliphatic heterocycles. The highest BCUT2D eigenvalue weighted by Crippen LogP contribution is 2.20. The third-order valence-corrected chi connectivity index (χ3v) is 5.15. The molecule has 1 saturated heterocycles. The maximum Gasteiger partial charge on any atom is 0.236 e. The molecule has 0 N–H and O–H groups in total. The molecule has 1 amide bonds. The number of anilines is 1. The van der Waals surface area contributed by atoms with Crippen LogP contribution in [0.3, 0.4) is 0 Å². The van der Waals surface area contributed by atoms with E-state index < -0.39 is 0 Å². The first-order valence-electron chi connectivity index (χ1n) is 9.35. The van der Waals surface area contributed by atoms with Gasteiger partial charge in [0.25, 0.3) is 0 Å². The van der Waals surface area contributed by atoms with Crippen LogP contribution in [0, 0.1) is 13.8 Å². The fraction of sp³-hybridized carbons (Fsp3) is 0.409. The lowest BCUT2D eigenvalue weighted by molar-refractivity contribution is -0.131. The van der Waals surface area contributed by atoms with E-state index in [4.69, 9.17) is 0 Å². The summed E-state index contributed by atoms with van der Waals surface area (Å²) in [7, 11) is 1.89. The Kier molecular flexibility index (Phi) is 5.94. The molecular weight excluding hydrogens is 322 g/mol. The molecule has 1 aliphatic rings. The number of hydrogen-bond donors (Lipinski definition) is 0. The highest BCUT2D eigenvalue weighted by atomic mass is 16.2. The first-order valence-corrected chi connectivity index (χ1v) is 9.35. The molecular formula is C22H29N3O. The Hall–Kier alpha value is -2.33. The van der Waals surface area contributed by atoms with E-state index in [2.05, 4.69) is 72.2 Å². The highest BCUT2D eigenvalue weighted by molar-refractivity contribution is 5.78. The summed E-state index contributed by atoms with van der Waals surface area (Å²) in [5.74, 6) is 0.190. The summed E-state index contributed by atoms with van der Waals surface area (Å²) in [5.41, 5.74) is 5.05. The number of nitrogens with zero attached hydrogens (tertiary/aromatic N) is 3. The van der Waals surface area contributed by atoms with Crippen molar-refractivity contribution in [3.8, 4) is 0 Å². The third kappa shape index (κ3) is 4.64. The Morgan fingerprint density at radius 2 is 1.62 bits per heavy atom. The van der Waals surface area contributed by atoms with Gasteiger partial charge in [-0.25, -0.2) is 0 Å². The summed E-state index contributed by atoms with van der Waals surface area (Å²) in [4.78, 5) is 19.1. The molecule has 4 nitrogen and oxygen atoms in total. The van der Waals surface area contributed by atoms with Crippen LogP contribution in [0.2, 0.25) is 0 Å². The van der Waals surface area contributed by atoms with E-state index in [0.29, 0.717) is 13.1 Å². The van der Waals surface area contributed by atoms with Crippen LogP contribution in [0.1, 0.15) is 16.7 Å². The van der Waals surface area contributed by atoms with Gasteiger partial charge in [-0.15, -0.1) is 0 Å². The van der Waals surface area contributed by atoms with Gasteiger partial charge in [-0.2, -0.15) is 0 Å². The number of para-hydroxylation sites is 1. The Morgan fingerprint density at radius 1 is 0.962 bits per heavy atom. The molecule has 1 fully saturated rings. The number of carbonyl (C=O) groups excluding carboxylic acids is 1. The third-order valence-electron chi connectivity index (χ3n) is 5.15. The van der Waals surface area contributed by atoms with Gasteiger partial charge < -0.3 is 9.80 Å². The lowest BCUT2D eigenvalue weighted by Gasteiger charge is -2.37. The molecule has 4 heteroatoms. The molecule has 0 unspecified atom stereocenters. The summed E-state index contributed by atoms with van der Waals surface area (Å²) < 4.78 is 0. The molecule has 3 rings (SSSR count). The Morgan fingerprint density at radius 3 is 2.27 bits per heavy atom. The SMILES string of the molecule is Cc1ccc(CN(C)C(=O)CN2CCN(c3ccccc3C)CC2)cc1. The molecule has 138 valence electrons. The summed E-state index contributed by atoms with van der Waals surface area (Å²) in [6.45, 7) is 9.21. The second-order valence-corrected chi connectivity index (χ2v) is 7.29. The van der Waals surface area contributed by atoms with Gasteiger partial charge in [-0.3, -0.25) is 9.69 Å². The van der Waals surface area contributed by atoms with Crippen LogP contribution >= 0.6 is 0 Å². The molecule has 0 radical (unpaired) electrons. The van der Waals surface area contributed by atoms with Gasteiger partial charge in [0, 0.05) is 45.5 Å². The molecule has 0 atom stereocenters. The normalized spacial score (nSPS) is 15.1. The predicted molar refractivity (Wildman–Crippen MR) is 107 cm³/mol. The van der Waals surface area contributed by atoms with Gasteiger partial charge >= 0.3 is 0 Å². The molecule has 0 bridgehead atoms. The minimum absolute atomic E-state index is 0.190. The summed E-state index contributed by atoms with van der Waals surface area (Å²) in [6, 6.07) is 16.9. The minimum atomic E-state index is 0.190. The Balaban J connectivity index is 1.48. The molecule has 0 aromatic heterocycles. The molecule has 2 aromatic rings. The lowest BCUT2D eigenvalue weighted by atomic mass is 10.1. The van der Waals surface area contributed by atoms with Crippen molar-refractivity contribution >= 4 is 11.6 Å². The number of rotatable bonds is 5. The maximum atomic E-state index is 12.6. The monoisotopic (exact) mass is 351 g/mol. The van der Waals surface area contributed by atoms with E-state index in [9.17, 15) is 4.79 Å². The molecule has 26 heavy (non-hydrogen) atoms. The minimum Gasteiger partial charge on any atom is -0.369 e. The van der Waals surface area contributed by atoms with Gasteiger partial charge in [0.05, 0.1) is 6.54 Å². The number of aryl methyl sites for hydroxylation is 2. The van der Waals surface area contributed by atoms with Crippen molar-refractivity contribution in [3.05, 3.63) is 65.2 Å². The molecule has 0 spiro atoms. The van der Waals surface area contributed by atoms with Crippen LogP contribution in [0.5, 0.6) is 0 Å². The fourth-order valence-corrected chi connectivity index (χ4v) is 3.43. The average Bonchev–Trinajstić information content (AvgIpc) is 2.65. The zero-order valence-corrected chi connectivity index (χ0v) is 16.1. The number of carbonyl (C=O) groups is 1. The number of hydrogen-bond acceptors (Lipinski definition) is 3. The smallest absolute Gasteiger partial charge is 0.236 e. The maximum absolute atomic E-state index is 12.6. The second-order valence-electron chi connectivity index (χ2n) is 7.29. The van der Waals surface area contributed by atoms with E-state index in [1.807, 2.05) is 11.9 Å². The molecule has 0 aliphatic carbocycles. The number of benzene rings is 2. The van der Waals surface area contributed by atoms with Gasteiger partial charge in [0.1, 0.15) is 0 Å². The van der Waals surface area contributed by atoms with E-state index in [-0.39, 0.29) is 5.91 Å². The van der Waals surface area contributed by atoms with E-state index in [1.165, 1.54) is 22.4 Å². The van der Waals surface area contributed by atoms with Crippen LogP contribution in [0.4, 0.5) is 5.69 Å². The Bertz CT molecular complexity index is 733. The first kappa shape index (κ1) is 18.5. The summed E-state index contributed by atoms with van der Waals surface area (Å²) in [6.07, 6.45) is 0. The van der Waals surface area contributed by atoms with Crippen molar-refractivity contribution in [2.75, 3.05) is 44.7 Å². The van der Waals surface area contributed by atoms with Crippen molar-refractivity contribution in [3.63, 3.8) is 0 Å². The quantitative estimate of drug-likeness (QED) is 0.828. The fourth-order valence-electron chi connectivity index (χ4n) is 3.43. The van der Waals surface area contributed by atoms with Crippen molar-refractivity contribution < 1.29 is 4.79 Å². The van der Waals surface area contributed by atoms with Crippen LogP contribution in [-0.2, 0) is 11.3 Å². The van der Waals surface area contributed by atoms with Crippen molar-refractivity contribution in [1.82, 2.24) is 9.80 Å². The van der Waals surface area contributed by atoms with E-state index >= 15 is 0 Å². The predicted octanol–water partition coefficient (Wildman–Crippen LogP) is 3.08. The zero-order chi connectivity index (χ0) is 18.5. The number of amides is 1. The van der Waals surface area contributed by atoms with Gasteiger partial charge in [0.2, 0.25) is 5.91 Å². The summed E-state index contributed by atoms with van der Waals surface area (Å²) >= 11 is 0.